The van der Waals surface area contributed by atoms with E-state index < -0.39 is 0 Å². The van der Waals surface area contributed by atoms with Crippen LogP contribution in [-0.4, -0.2) is 12.8 Å². The van der Waals surface area contributed by atoms with E-state index in [9.17, 15) is 0 Å². The van der Waals surface area contributed by atoms with Crippen molar-refractivity contribution in [3.05, 3.63) is 0 Å². The molecule has 1 aliphatic carbocycles. The molecule has 0 bridgehead atoms. The number of hydrogen-bond acceptors (Lipinski definition) is 1. The summed E-state index contributed by atoms with van der Waals surface area (Å²) >= 11 is 0. The lowest BCUT2D eigenvalue weighted by molar-refractivity contribution is 0.307. The Morgan fingerprint density at radius 2 is 2.17 bits per heavy atom. The molecular weight excluding hydrogens is 146 g/mol. The van der Waals surface area contributed by atoms with Gasteiger partial charge in [-0.05, 0) is 30.6 Å². The van der Waals surface area contributed by atoms with Crippen LogP contribution in [0.2, 0.25) is 0 Å². The average Bonchev–Trinajstić information content (AvgIpc) is 2.69. The predicted molar refractivity (Wildman–Crippen MR) is 52.5 cm³/mol. The Morgan fingerprint density at radius 3 is 2.92 bits per heavy atom. The quantitative estimate of drug-likeness (QED) is 0.523. The molecule has 4 atom stereocenters. The number of aliphatic imine (C=N–C) groups is 1. The first-order valence-corrected chi connectivity index (χ1v) is 5.14. The van der Waals surface area contributed by atoms with Crippen molar-refractivity contribution in [2.24, 2.45) is 28.2 Å². The smallest absolute Gasteiger partial charge is 0.0388 e. The van der Waals surface area contributed by atoms with E-state index >= 15 is 0 Å². The molecule has 68 valence electrons. The highest BCUT2D eigenvalue weighted by Crippen LogP contribution is 2.57. The molecule has 1 heterocycles. The van der Waals surface area contributed by atoms with Gasteiger partial charge in [-0.1, -0.05) is 20.8 Å². The molecule has 1 fully saturated rings. The summed E-state index contributed by atoms with van der Waals surface area (Å²) in [6.45, 7) is 8.20. The van der Waals surface area contributed by atoms with E-state index in [1.54, 1.807) is 0 Å². The SMILES string of the molecule is CC1CCN=CC2(C)CC2C1C. The van der Waals surface area contributed by atoms with E-state index in [0.717, 1.165) is 24.3 Å². The van der Waals surface area contributed by atoms with Crippen molar-refractivity contribution >= 4 is 6.21 Å². The Morgan fingerprint density at radius 1 is 1.42 bits per heavy atom. The zero-order valence-corrected chi connectivity index (χ0v) is 8.38. The van der Waals surface area contributed by atoms with Gasteiger partial charge in [0.1, 0.15) is 0 Å². The number of hydrogen-bond donors (Lipinski definition) is 0. The molecule has 1 saturated carbocycles. The molecule has 0 aromatic carbocycles. The summed E-state index contributed by atoms with van der Waals surface area (Å²) in [6.07, 6.45) is 4.88. The van der Waals surface area contributed by atoms with E-state index in [2.05, 4.69) is 32.0 Å². The van der Waals surface area contributed by atoms with Gasteiger partial charge in [0, 0.05) is 18.2 Å². The molecule has 0 spiro atoms. The Labute approximate surface area is 75.3 Å². The Hall–Kier alpha value is -0.330. The monoisotopic (exact) mass is 165 g/mol. The molecule has 4 unspecified atom stereocenters. The highest BCUT2D eigenvalue weighted by atomic mass is 14.8. The average molecular weight is 165 g/mol. The normalized spacial score (nSPS) is 52.4. The zero-order valence-electron chi connectivity index (χ0n) is 8.38. The second kappa shape index (κ2) is 2.58. The summed E-state index contributed by atoms with van der Waals surface area (Å²) in [5, 5.41) is 0. The van der Waals surface area contributed by atoms with Crippen molar-refractivity contribution in [1.29, 1.82) is 0 Å². The third-order valence-corrected chi connectivity index (χ3v) is 3.98. The van der Waals surface area contributed by atoms with E-state index in [1.807, 2.05) is 0 Å². The van der Waals surface area contributed by atoms with Gasteiger partial charge in [0.05, 0.1) is 0 Å². The van der Waals surface area contributed by atoms with Gasteiger partial charge in [-0.15, -0.1) is 0 Å². The van der Waals surface area contributed by atoms with Gasteiger partial charge in [-0.25, -0.2) is 0 Å². The molecule has 0 radical (unpaired) electrons. The minimum absolute atomic E-state index is 0.480. The standard InChI is InChI=1S/C11H19N/c1-8-4-5-12-7-11(3)6-10(11)9(8)2/h7-10H,4-6H2,1-3H3. The van der Waals surface area contributed by atoms with Crippen LogP contribution in [0.3, 0.4) is 0 Å². The van der Waals surface area contributed by atoms with Gasteiger partial charge in [0.2, 0.25) is 0 Å². The highest BCUT2D eigenvalue weighted by Gasteiger charge is 2.52. The van der Waals surface area contributed by atoms with Crippen LogP contribution in [0.1, 0.15) is 33.6 Å². The van der Waals surface area contributed by atoms with Gasteiger partial charge in [-0.2, -0.15) is 0 Å². The van der Waals surface area contributed by atoms with Crippen molar-refractivity contribution in [3.8, 4) is 0 Å². The van der Waals surface area contributed by atoms with Crippen LogP contribution in [0.5, 0.6) is 0 Å². The number of fused-ring (bicyclic) bond motifs is 1. The third-order valence-electron chi connectivity index (χ3n) is 3.98. The molecule has 0 aromatic rings. The van der Waals surface area contributed by atoms with Crippen molar-refractivity contribution in [2.45, 2.75) is 33.6 Å². The lowest BCUT2D eigenvalue weighted by Crippen LogP contribution is -2.18. The largest absolute Gasteiger partial charge is 0.297 e. The van der Waals surface area contributed by atoms with Crippen LogP contribution >= 0.6 is 0 Å². The molecule has 1 nitrogen and oxygen atoms in total. The molecule has 0 saturated heterocycles. The second-order valence-electron chi connectivity index (χ2n) is 4.98. The molecule has 0 amide bonds. The fraction of sp³-hybridized carbons (Fsp3) is 0.909. The van der Waals surface area contributed by atoms with Crippen molar-refractivity contribution < 1.29 is 0 Å². The minimum atomic E-state index is 0.480. The van der Waals surface area contributed by atoms with Gasteiger partial charge >= 0.3 is 0 Å². The molecular formula is C11H19N. The highest BCUT2D eigenvalue weighted by molar-refractivity contribution is 5.70. The summed E-state index contributed by atoms with van der Waals surface area (Å²) in [6, 6.07) is 0. The summed E-state index contributed by atoms with van der Waals surface area (Å²) in [4.78, 5) is 4.49. The van der Waals surface area contributed by atoms with E-state index in [0.29, 0.717) is 5.41 Å². The van der Waals surface area contributed by atoms with Crippen LogP contribution < -0.4 is 0 Å². The molecule has 1 heteroatoms. The van der Waals surface area contributed by atoms with Gasteiger partial charge < -0.3 is 0 Å². The molecule has 0 N–H and O–H groups in total. The Balaban J connectivity index is 2.14. The Bertz CT molecular complexity index is 209. The van der Waals surface area contributed by atoms with Gasteiger partial charge in [-0.3, -0.25) is 4.99 Å². The van der Waals surface area contributed by atoms with Gasteiger partial charge in [0.25, 0.3) is 0 Å². The lowest BCUT2D eigenvalue weighted by atomic mass is 9.85. The summed E-state index contributed by atoms with van der Waals surface area (Å²) < 4.78 is 0. The number of nitrogens with zero attached hydrogens (tertiary/aromatic N) is 1. The van der Waals surface area contributed by atoms with Crippen molar-refractivity contribution in [1.82, 2.24) is 0 Å². The molecule has 2 aliphatic rings. The van der Waals surface area contributed by atoms with Crippen LogP contribution in [-0.2, 0) is 0 Å². The first-order chi connectivity index (χ1) is 5.63. The predicted octanol–water partition coefficient (Wildman–Crippen LogP) is 2.76. The zero-order chi connectivity index (χ0) is 8.77. The summed E-state index contributed by atoms with van der Waals surface area (Å²) in [5.41, 5.74) is 0.480. The minimum Gasteiger partial charge on any atom is -0.297 e. The molecule has 2 rings (SSSR count). The van der Waals surface area contributed by atoms with E-state index in [4.69, 9.17) is 0 Å². The third kappa shape index (κ3) is 1.19. The lowest BCUT2D eigenvalue weighted by Gasteiger charge is -2.22. The van der Waals surface area contributed by atoms with Crippen LogP contribution in [0, 0.1) is 23.2 Å². The summed E-state index contributed by atoms with van der Waals surface area (Å²) in [7, 11) is 0. The van der Waals surface area contributed by atoms with Crippen LogP contribution in [0.25, 0.3) is 0 Å². The number of rotatable bonds is 0. The molecule has 12 heavy (non-hydrogen) atoms. The maximum Gasteiger partial charge on any atom is 0.0388 e. The van der Waals surface area contributed by atoms with Crippen LogP contribution in [0.4, 0.5) is 0 Å². The Kier molecular flexibility index (Phi) is 1.78. The van der Waals surface area contributed by atoms with Crippen LogP contribution in [0.15, 0.2) is 4.99 Å². The van der Waals surface area contributed by atoms with E-state index in [1.165, 1.54) is 12.8 Å². The first kappa shape index (κ1) is 8.28. The topological polar surface area (TPSA) is 12.4 Å². The molecule has 1 aliphatic heterocycles. The van der Waals surface area contributed by atoms with Crippen molar-refractivity contribution in [2.75, 3.05) is 6.54 Å². The van der Waals surface area contributed by atoms with Gasteiger partial charge in [0.15, 0.2) is 0 Å². The van der Waals surface area contributed by atoms with E-state index in [-0.39, 0.29) is 0 Å². The molecule has 0 aromatic heterocycles. The fourth-order valence-electron chi connectivity index (χ4n) is 2.56. The second-order valence-corrected chi connectivity index (χ2v) is 4.98. The van der Waals surface area contributed by atoms with Crippen molar-refractivity contribution in [3.63, 3.8) is 0 Å². The fourth-order valence-corrected chi connectivity index (χ4v) is 2.56. The summed E-state index contributed by atoms with van der Waals surface area (Å²) in [5.74, 6) is 2.70. The maximum atomic E-state index is 4.49. The first-order valence-electron chi connectivity index (χ1n) is 5.14. The maximum absolute atomic E-state index is 4.49.